The zero-order valence-electron chi connectivity index (χ0n) is 15.1. The van der Waals surface area contributed by atoms with Gasteiger partial charge in [-0.3, -0.25) is 14.2 Å². The van der Waals surface area contributed by atoms with Gasteiger partial charge in [0.25, 0.3) is 11.5 Å². The predicted octanol–water partition coefficient (Wildman–Crippen LogP) is -0.442. The fraction of sp³-hybridized carbons (Fsp3) is 0.625. The standard InChI is InChI=1S/C16H30N6O2/c1-20(2)8-5-7-11-13(17)12(15(19)23)16(24)22(14(11)18)10-6-9-21(3)4/h5-10,17-18H2,1-4H3,(H2,19,23). The molecule has 8 nitrogen and oxygen atoms in total. The Kier molecular flexibility index (Phi) is 7.24. The molecule has 1 aromatic heterocycles. The topological polar surface area (TPSA) is 124 Å². The van der Waals surface area contributed by atoms with Crippen LogP contribution >= 0.6 is 0 Å². The summed E-state index contributed by atoms with van der Waals surface area (Å²) >= 11 is 0. The van der Waals surface area contributed by atoms with E-state index < -0.39 is 11.5 Å². The van der Waals surface area contributed by atoms with Crippen molar-refractivity contribution in [3.8, 4) is 0 Å². The summed E-state index contributed by atoms with van der Waals surface area (Å²) < 4.78 is 1.42. The fourth-order valence-corrected chi connectivity index (χ4v) is 2.65. The molecule has 0 aliphatic heterocycles. The maximum atomic E-state index is 12.5. The molecule has 0 atom stereocenters. The summed E-state index contributed by atoms with van der Waals surface area (Å²) in [5.74, 6) is -0.479. The molecule has 0 spiro atoms. The SMILES string of the molecule is CN(C)CCCc1c(N)c(C(N)=O)c(=O)n(CCCN(C)C)c1N. The number of anilines is 2. The summed E-state index contributed by atoms with van der Waals surface area (Å²) in [5.41, 5.74) is 17.7. The summed E-state index contributed by atoms with van der Waals surface area (Å²) in [6.45, 7) is 2.08. The Morgan fingerprint density at radius 2 is 1.58 bits per heavy atom. The highest BCUT2D eigenvalue weighted by molar-refractivity contribution is 5.98. The first kappa shape index (κ1) is 20.0. The van der Waals surface area contributed by atoms with E-state index in [-0.39, 0.29) is 11.3 Å². The van der Waals surface area contributed by atoms with Crippen molar-refractivity contribution in [2.45, 2.75) is 25.8 Å². The normalized spacial score (nSPS) is 11.4. The Morgan fingerprint density at radius 1 is 1.04 bits per heavy atom. The third kappa shape index (κ3) is 4.97. The van der Waals surface area contributed by atoms with E-state index in [9.17, 15) is 9.59 Å². The van der Waals surface area contributed by atoms with E-state index in [2.05, 4.69) is 4.90 Å². The number of nitrogens with zero attached hydrogens (tertiary/aromatic N) is 3. The maximum Gasteiger partial charge on any atom is 0.267 e. The van der Waals surface area contributed by atoms with Gasteiger partial charge in [0.15, 0.2) is 0 Å². The molecule has 1 amide bonds. The number of carbonyl (C=O) groups excluding carboxylic acids is 1. The van der Waals surface area contributed by atoms with Crippen molar-refractivity contribution in [3.63, 3.8) is 0 Å². The molecule has 8 heteroatoms. The van der Waals surface area contributed by atoms with Crippen LogP contribution in [0.1, 0.15) is 28.8 Å². The van der Waals surface area contributed by atoms with Crippen LogP contribution in [0.4, 0.5) is 11.5 Å². The molecule has 1 heterocycles. The lowest BCUT2D eigenvalue weighted by Crippen LogP contribution is -2.34. The highest BCUT2D eigenvalue weighted by Gasteiger charge is 2.21. The van der Waals surface area contributed by atoms with Crippen LogP contribution in [0.15, 0.2) is 4.79 Å². The first-order valence-electron chi connectivity index (χ1n) is 8.06. The maximum absolute atomic E-state index is 12.5. The highest BCUT2D eigenvalue weighted by atomic mass is 16.2. The highest BCUT2D eigenvalue weighted by Crippen LogP contribution is 2.23. The van der Waals surface area contributed by atoms with Crippen LogP contribution in [0.2, 0.25) is 0 Å². The van der Waals surface area contributed by atoms with Gasteiger partial charge in [-0.05, 0) is 60.5 Å². The lowest BCUT2D eigenvalue weighted by atomic mass is 10.0. The second-order valence-electron chi connectivity index (χ2n) is 6.54. The van der Waals surface area contributed by atoms with Crippen LogP contribution in [0, 0.1) is 0 Å². The monoisotopic (exact) mass is 338 g/mol. The third-order valence-corrected chi connectivity index (χ3v) is 3.92. The number of rotatable bonds is 9. The molecule has 1 rings (SSSR count). The van der Waals surface area contributed by atoms with Gasteiger partial charge in [0.1, 0.15) is 11.4 Å². The molecule has 0 fully saturated rings. The number of carbonyl (C=O) groups is 1. The number of nitrogens with two attached hydrogens (primary N) is 3. The summed E-state index contributed by atoms with van der Waals surface area (Å²) in [5, 5.41) is 0. The average Bonchev–Trinajstić information content (AvgIpc) is 2.45. The largest absolute Gasteiger partial charge is 0.398 e. The van der Waals surface area contributed by atoms with Gasteiger partial charge in [-0.25, -0.2) is 0 Å². The van der Waals surface area contributed by atoms with Crippen molar-refractivity contribution in [3.05, 3.63) is 21.5 Å². The van der Waals surface area contributed by atoms with Crippen molar-refractivity contribution in [2.24, 2.45) is 5.73 Å². The van der Waals surface area contributed by atoms with E-state index in [0.29, 0.717) is 24.3 Å². The zero-order valence-corrected chi connectivity index (χ0v) is 15.1. The Bertz CT molecular complexity index is 636. The third-order valence-electron chi connectivity index (χ3n) is 3.92. The molecule has 0 bridgehead atoms. The fourth-order valence-electron chi connectivity index (χ4n) is 2.65. The van der Waals surface area contributed by atoms with Crippen LogP contribution in [0.25, 0.3) is 0 Å². The molecule has 0 aliphatic rings. The van der Waals surface area contributed by atoms with Gasteiger partial charge in [-0.15, -0.1) is 0 Å². The molecule has 0 unspecified atom stereocenters. The number of nitrogen functional groups attached to an aromatic ring is 2. The number of amides is 1. The minimum atomic E-state index is -0.812. The summed E-state index contributed by atoms with van der Waals surface area (Å²) in [4.78, 5) is 28.3. The van der Waals surface area contributed by atoms with Crippen molar-refractivity contribution >= 4 is 17.4 Å². The molecule has 6 N–H and O–H groups in total. The Labute approximate surface area is 143 Å². The molecule has 1 aromatic rings. The van der Waals surface area contributed by atoms with Gasteiger partial charge >= 0.3 is 0 Å². The first-order chi connectivity index (χ1) is 11.2. The minimum absolute atomic E-state index is 0.118. The summed E-state index contributed by atoms with van der Waals surface area (Å²) in [6.07, 6.45) is 2.13. The average molecular weight is 338 g/mol. The molecule has 136 valence electrons. The number of primary amides is 1. The van der Waals surface area contributed by atoms with Gasteiger partial charge in [0, 0.05) is 12.1 Å². The molecule has 0 aliphatic carbocycles. The molecular weight excluding hydrogens is 308 g/mol. The summed E-state index contributed by atoms with van der Waals surface area (Å²) in [7, 11) is 7.86. The van der Waals surface area contributed by atoms with E-state index in [0.717, 1.165) is 25.9 Å². The van der Waals surface area contributed by atoms with E-state index >= 15 is 0 Å². The van der Waals surface area contributed by atoms with Gasteiger partial charge in [0.05, 0.1) is 5.69 Å². The lowest BCUT2D eigenvalue weighted by molar-refractivity contribution is 0.0999. The van der Waals surface area contributed by atoms with Crippen molar-refractivity contribution < 1.29 is 4.79 Å². The molecule has 24 heavy (non-hydrogen) atoms. The lowest BCUT2D eigenvalue weighted by Gasteiger charge is -2.19. The van der Waals surface area contributed by atoms with Gasteiger partial charge in [0.2, 0.25) is 0 Å². The van der Waals surface area contributed by atoms with Crippen LogP contribution < -0.4 is 22.8 Å². The molecule has 0 saturated carbocycles. The van der Waals surface area contributed by atoms with Crippen LogP contribution in [-0.4, -0.2) is 61.6 Å². The summed E-state index contributed by atoms with van der Waals surface area (Å²) in [6, 6.07) is 0. The molecule has 0 saturated heterocycles. The quantitative estimate of drug-likeness (QED) is 0.561. The van der Waals surface area contributed by atoms with Gasteiger partial charge in [-0.2, -0.15) is 0 Å². The second kappa shape index (κ2) is 8.70. The molecule has 0 aromatic carbocycles. The van der Waals surface area contributed by atoms with Crippen LogP contribution in [0.3, 0.4) is 0 Å². The van der Waals surface area contributed by atoms with Crippen molar-refractivity contribution in [2.75, 3.05) is 52.7 Å². The van der Waals surface area contributed by atoms with Crippen molar-refractivity contribution in [1.82, 2.24) is 14.4 Å². The zero-order chi connectivity index (χ0) is 18.4. The molecular formula is C16H30N6O2. The van der Waals surface area contributed by atoms with Gasteiger partial charge < -0.3 is 27.0 Å². The van der Waals surface area contributed by atoms with E-state index in [4.69, 9.17) is 17.2 Å². The van der Waals surface area contributed by atoms with E-state index in [1.54, 1.807) is 0 Å². The number of aromatic nitrogens is 1. The number of hydrogen-bond acceptors (Lipinski definition) is 6. The molecule has 0 radical (unpaired) electrons. The minimum Gasteiger partial charge on any atom is -0.398 e. The number of hydrogen-bond donors (Lipinski definition) is 3. The Morgan fingerprint density at radius 3 is 2.08 bits per heavy atom. The number of pyridine rings is 1. The van der Waals surface area contributed by atoms with Crippen LogP contribution in [-0.2, 0) is 13.0 Å². The van der Waals surface area contributed by atoms with Crippen LogP contribution in [0.5, 0.6) is 0 Å². The van der Waals surface area contributed by atoms with Gasteiger partial charge in [-0.1, -0.05) is 0 Å². The van der Waals surface area contributed by atoms with E-state index in [1.165, 1.54) is 4.57 Å². The second-order valence-corrected chi connectivity index (χ2v) is 6.54. The van der Waals surface area contributed by atoms with Crippen molar-refractivity contribution in [1.29, 1.82) is 0 Å². The predicted molar refractivity (Wildman–Crippen MR) is 98.1 cm³/mol. The smallest absolute Gasteiger partial charge is 0.267 e. The Balaban J connectivity index is 3.24. The first-order valence-corrected chi connectivity index (χ1v) is 8.06. The Hall–Kier alpha value is -2.06. The van der Waals surface area contributed by atoms with E-state index in [1.807, 2.05) is 33.1 Å².